The number of hydrogen-bond acceptors (Lipinski definition) is 2. The van der Waals surface area contributed by atoms with Crippen molar-refractivity contribution in [2.75, 3.05) is 0 Å². The van der Waals surface area contributed by atoms with Gasteiger partial charge in [-0.05, 0) is 18.9 Å². The summed E-state index contributed by atoms with van der Waals surface area (Å²) < 4.78 is 0. The van der Waals surface area contributed by atoms with Crippen molar-refractivity contribution in [2.45, 2.75) is 32.7 Å². The van der Waals surface area contributed by atoms with Crippen LogP contribution in [0.15, 0.2) is 42.0 Å². The van der Waals surface area contributed by atoms with Crippen LogP contribution in [0.4, 0.5) is 0 Å². The van der Waals surface area contributed by atoms with Crippen LogP contribution >= 0.6 is 0 Å². The average Bonchev–Trinajstić information content (AvgIpc) is 2.38. The molecule has 1 aromatic rings. The number of benzene rings is 1. The second kappa shape index (κ2) is 7.36. The number of nitrogens with one attached hydrogen (secondary N) is 1. The number of carboxylic acid groups (broad SMARTS) is 1. The highest BCUT2D eigenvalue weighted by Crippen LogP contribution is 2.17. The van der Waals surface area contributed by atoms with Crippen LogP contribution in [0.2, 0.25) is 0 Å². The van der Waals surface area contributed by atoms with Crippen molar-refractivity contribution in [2.24, 2.45) is 0 Å². The molecule has 0 aromatic heterocycles. The van der Waals surface area contributed by atoms with Gasteiger partial charge < -0.3 is 10.4 Å². The number of rotatable bonds is 6. The van der Waals surface area contributed by atoms with E-state index in [-0.39, 0.29) is 12.3 Å². The summed E-state index contributed by atoms with van der Waals surface area (Å²) in [6.07, 6.45) is 2.46. The van der Waals surface area contributed by atoms with E-state index >= 15 is 0 Å². The van der Waals surface area contributed by atoms with Crippen molar-refractivity contribution < 1.29 is 14.7 Å². The van der Waals surface area contributed by atoms with Crippen LogP contribution in [0.25, 0.3) is 0 Å². The summed E-state index contributed by atoms with van der Waals surface area (Å²) in [5.41, 5.74) is 1.40. The number of aliphatic carboxylic acids is 1. The number of carboxylic acids is 1. The average molecular weight is 261 g/mol. The molecule has 19 heavy (non-hydrogen) atoms. The molecular weight excluding hydrogens is 242 g/mol. The van der Waals surface area contributed by atoms with E-state index in [1.807, 2.05) is 43.3 Å². The fourth-order valence-electron chi connectivity index (χ4n) is 1.78. The molecule has 1 atom stereocenters. The van der Waals surface area contributed by atoms with Crippen LogP contribution in [-0.4, -0.2) is 17.0 Å². The monoisotopic (exact) mass is 261 g/mol. The molecule has 4 heteroatoms. The molecule has 0 saturated carbocycles. The second-order valence-electron chi connectivity index (χ2n) is 4.33. The predicted molar refractivity (Wildman–Crippen MR) is 73.6 cm³/mol. The van der Waals surface area contributed by atoms with E-state index in [9.17, 15) is 9.59 Å². The van der Waals surface area contributed by atoms with Crippen LogP contribution in [0.1, 0.15) is 38.3 Å². The van der Waals surface area contributed by atoms with Gasteiger partial charge in [0.05, 0.1) is 12.5 Å². The molecule has 102 valence electrons. The zero-order valence-electron chi connectivity index (χ0n) is 11.2. The number of carbonyl (C=O) groups is 2. The van der Waals surface area contributed by atoms with Gasteiger partial charge in [-0.3, -0.25) is 9.59 Å². The molecule has 0 radical (unpaired) electrons. The highest BCUT2D eigenvalue weighted by Gasteiger charge is 2.18. The maximum absolute atomic E-state index is 11.9. The van der Waals surface area contributed by atoms with Gasteiger partial charge in [-0.25, -0.2) is 0 Å². The lowest BCUT2D eigenvalue weighted by Crippen LogP contribution is -2.30. The summed E-state index contributed by atoms with van der Waals surface area (Å²) in [5, 5.41) is 11.7. The van der Waals surface area contributed by atoms with E-state index in [0.717, 1.165) is 12.0 Å². The number of allylic oxidation sites excluding steroid dienone is 1. The minimum absolute atomic E-state index is 0.130. The van der Waals surface area contributed by atoms with Gasteiger partial charge in [0, 0.05) is 5.57 Å². The lowest BCUT2D eigenvalue weighted by Gasteiger charge is -2.17. The zero-order chi connectivity index (χ0) is 14.3. The van der Waals surface area contributed by atoms with Gasteiger partial charge in [0.15, 0.2) is 0 Å². The zero-order valence-corrected chi connectivity index (χ0v) is 11.2. The molecule has 0 fully saturated rings. The molecular formula is C15H19NO3. The molecule has 1 rings (SSSR count). The van der Waals surface area contributed by atoms with Crippen molar-refractivity contribution in [1.29, 1.82) is 0 Å². The number of carbonyl (C=O) groups excluding carboxylic acids is 1. The summed E-state index contributed by atoms with van der Waals surface area (Å²) in [4.78, 5) is 22.8. The van der Waals surface area contributed by atoms with Crippen LogP contribution in [-0.2, 0) is 9.59 Å². The molecule has 0 aliphatic carbocycles. The Morgan fingerprint density at radius 3 is 2.47 bits per heavy atom. The molecule has 0 aliphatic heterocycles. The van der Waals surface area contributed by atoms with Crippen molar-refractivity contribution in [1.82, 2.24) is 5.32 Å². The summed E-state index contributed by atoms with van der Waals surface area (Å²) in [6.45, 7) is 3.67. The molecule has 1 amide bonds. The third kappa shape index (κ3) is 4.95. The molecule has 0 heterocycles. The van der Waals surface area contributed by atoms with Gasteiger partial charge in [0.2, 0.25) is 5.91 Å². The Balaban J connectivity index is 2.85. The van der Waals surface area contributed by atoms with Crippen molar-refractivity contribution in [3.63, 3.8) is 0 Å². The van der Waals surface area contributed by atoms with Gasteiger partial charge in [0.25, 0.3) is 0 Å². The van der Waals surface area contributed by atoms with E-state index < -0.39 is 12.0 Å². The molecule has 0 spiro atoms. The van der Waals surface area contributed by atoms with Gasteiger partial charge in [-0.1, -0.05) is 43.3 Å². The molecule has 2 N–H and O–H groups in total. The minimum Gasteiger partial charge on any atom is -0.481 e. The third-order valence-corrected chi connectivity index (χ3v) is 2.75. The Bertz CT molecular complexity index is 466. The normalized spacial score (nSPS) is 12.8. The fourth-order valence-corrected chi connectivity index (χ4v) is 1.78. The number of amides is 1. The summed E-state index contributed by atoms with van der Waals surface area (Å²) in [5.74, 6) is -1.16. The van der Waals surface area contributed by atoms with Gasteiger partial charge in [-0.15, -0.1) is 0 Å². The first kappa shape index (κ1) is 15.0. The molecule has 0 aliphatic rings. The van der Waals surface area contributed by atoms with Crippen LogP contribution in [0.5, 0.6) is 0 Å². The first-order valence-electron chi connectivity index (χ1n) is 6.29. The highest BCUT2D eigenvalue weighted by atomic mass is 16.4. The Morgan fingerprint density at radius 2 is 1.95 bits per heavy atom. The van der Waals surface area contributed by atoms with Crippen LogP contribution in [0, 0.1) is 0 Å². The lowest BCUT2D eigenvalue weighted by atomic mass is 10.0. The smallest absolute Gasteiger partial charge is 0.305 e. The van der Waals surface area contributed by atoms with Crippen molar-refractivity contribution >= 4 is 11.9 Å². The first-order valence-corrected chi connectivity index (χ1v) is 6.29. The van der Waals surface area contributed by atoms with E-state index in [1.165, 1.54) is 0 Å². The van der Waals surface area contributed by atoms with Crippen LogP contribution in [0.3, 0.4) is 0 Å². The van der Waals surface area contributed by atoms with E-state index in [2.05, 4.69) is 5.32 Å². The van der Waals surface area contributed by atoms with Gasteiger partial charge in [0.1, 0.15) is 0 Å². The van der Waals surface area contributed by atoms with E-state index in [1.54, 1.807) is 6.92 Å². The standard InChI is InChI=1S/C15H19NO3/c1-3-7-11(2)15(19)16-13(10-14(17)18)12-8-5-4-6-9-12/h4-9,13H,3,10H2,1-2H3,(H,16,19)(H,17,18)/b11-7+. The summed E-state index contributed by atoms with van der Waals surface area (Å²) in [7, 11) is 0. The maximum Gasteiger partial charge on any atom is 0.305 e. The van der Waals surface area contributed by atoms with E-state index in [0.29, 0.717) is 5.57 Å². The molecule has 0 saturated heterocycles. The molecule has 1 unspecified atom stereocenters. The fraction of sp³-hybridized carbons (Fsp3) is 0.333. The largest absolute Gasteiger partial charge is 0.481 e. The minimum atomic E-state index is -0.939. The Morgan fingerprint density at radius 1 is 1.32 bits per heavy atom. The van der Waals surface area contributed by atoms with Crippen molar-refractivity contribution in [3.05, 3.63) is 47.5 Å². The molecule has 0 bridgehead atoms. The lowest BCUT2D eigenvalue weighted by molar-refractivity contribution is -0.137. The Kier molecular flexibility index (Phi) is 5.79. The quantitative estimate of drug-likeness (QED) is 0.774. The topological polar surface area (TPSA) is 66.4 Å². The van der Waals surface area contributed by atoms with Gasteiger partial charge >= 0.3 is 5.97 Å². The predicted octanol–water partition coefficient (Wildman–Crippen LogP) is 2.67. The summed E-state index contributed by atoms with van der Waals surface area (Å²) >= 11 is 0. The summed E-state index contributed by atoms with van der Waals surface area (Å²) in [6, 6.07) is 8.62. The van der Waals surface area contributed by atoms with Gasteiger partial charge in [-0.2, -0.15) is 0 Å². The third-order valence-electron chi connectivity index (χ3n) is 2.75. The SMILES string of the molecule is CC/C=C(\C)C(=O)NC(CC(=O)O)c1ccccc1. The highest BCUT2D eigenvalue weighted by molar-refractivity contribution is 5.93. The van der Waals surface area contributed by atoms with Crippen molar-refractivity contribution in [3.8, 4) is 0 Å². The Labute approximate surface area is 113 Å². The second-order valence-corrected chi connectivity index (χ2v) is 4.33. The Hall–Kier alpha value is -2.10. The van der Waals surface area contributed by atoms with Crippen LogP contribution < -0.4 is 5.32 Å². The number of hydrogen-bond donors (Lipinski definition) is 2. The van der Waals surface area contributed by atoms with E-state index in [4.69, 9.17) is 5.11 Å². The molecule has 4 nitrogen and oxygen atoms in total. The maximum atomic E-state index is 11.9. The molecule has 1 aromatic carbocycles. The first-order chi connectivity index (χ1) is 9.04.